The third-order valence-corrected chi connectivity index (χ3v) is 2.20. The van der Waals surface area contributed by atoms with Crippen molar-refractivity contribution in [3.8, 4) is 0 Å². The first kappa shape index (κ1) is 9.08. The number of ether oxygens (including phenoxy) is 3. The summed E-state index contributed by atoms with van der Waals surface area (Å²) >= 11 is 0. The van der Waals surface area contributed by atoms with Crippen LogP contribution in [-0.4, -0.2) is 41.8 Å². The summed E-state index contributed by atoms with van der Waals surface area (Å²) < 4.78 is 15.7. The molecule has 0 aromatic carbocycles. The van der Waals surface area contributed by atoms with Gasteiger partial charge in [-0.15, -0.1) is 0 Å². The zero-order valence-electron chi connectivity index (χ0n) is 7.47. The number of aliphatic hydroxyl groups excluding tert-OH is 1. The summed E-state index contributed by atoms with van der Waals surface area (Å²) in [5.74, 6) is -0.749. The fourth-order valence-electron chi connectivity index (χ4n) is 1.72. The Hall–Kier alpha value is -0.490. The van der Waals surface area contributed by atoms with Gasteiger partial charge in [0.1, 0.15) is 18.3 Å². The molecule has 2 heterocycles. The molecule has 1 N–H and O–H groups in total. The SMILES string of the molecule is CC1(C)O[C@H]2[C@H](C=O)OC(O)[C@H]2O1. The van der Waals surface area contributed by atoms with Crippen molar-refractivity contribution in [2.24, 2.45) is 0 Å². The van der Waals surface area contributed by atoms with Gasteiger partial charge < -0.3 is 24.1 Å². The molecular weight excluding hydrogens is 176 g/mol. The second-order valence-electron chi connectivity index (χ2n) is 3.69. The molecule has 5 heteroatoms. The minimum Gasteiger partial charge on any atom is -0.366 e. The molecule has 5 nitrogen and oxygen atoms in total. The van der Waals surface area contributed by atoms with Gasteiger partial charge in [0, 0.05) is 0 Å². The lowest BCUT2D eigenvalue weighted by Gasteiger charge is -2.20. The van der Waals surface area contributed by atoms with Gasteiger partial charge >= 0.3 is 0 Å². The van der Waals surface area contributed by atoms with Crippen LogP contribution in [0.5, 0.6) is 0 Å². The van der Waals surface area contributed by atoms with Gasteiger partial charge in [0.25, 0.3) is 0 Å². The molecular formula is C8H12O5. The van der Waals surface area contributed by atoms with E-state index < -0.39 is 30.4 Å². The van der Waals surface area contributed by atoms with E-state index in [1.165, 1.54) is 0 Å². The Labute approximate surface area is 75.6 Å². The van der Waals surface area contributed by atoms with Crippen molar-refractivity contribution in [3.63, 3.8) is 0 Å². The molecule has 0 aromatic heterocycles. The number of carbonyl (C=O) groups is 1. The van der Waals surface area contributed by atoms with Crippen molar-refractivity contribution < 1.29 is 24.1 Å². The van der Waals surface area contributed by atoms with Crippen molar-refractivity contribution in [3.05, 3.63) is 0 Å². The molecule has 0 amide bonds. The van der Waals surface area contributed by atoms with Crippen molar-refractivity contribution in [1.82, 2.24) is 0 Å². The second-order valence-corrected chi connectivity index (χ2v) is 3.69. The van der Waals surface area contributed by atoms with Crippen LogP contribution in [0.25, 0.3) is 0 Å². The molecule has 2 saturated heterocycles. The zero-order valence-corrected chi connectivity index (χ0v) is 7.47. The van der Waals surface area contributed by atoms with Gasteiger partial charge in [-0.25, -0.2) is 0 Å². The number of aliphatic hydroxyl groups is 1. The summed E-state index contributed by atoms with van der Waals surface area (Å²) in [5, 5.41) is 9.35. The standard InChI is InChI=1S/C8H12O5/c1-8(2)12-5-4(3-9)11-7(10)6(5)13-8/h3-7,10H,1-2H3/t4-,5-,6-,7?/m0/s1. The van der Waals surface area contributed by atoms with Crippen molar-refractivity contribution in [2.75, 3.05) is 0 Å². The van der Waals surface area contributed by atoms with Gasteiger partial charge in [-0.2, -0.15) is 0 Å². The molecule has 0 spiro atoms. The molecule has 2 aliphatic rings. The van der Waals surface area contributed by atoms with E-state index in [-0.39, 0.29) is 0 Å². The van der Waals surface area contributed by atoms with E-state index in [4.69, 9.17) is 14.2 Å². The van der Waals surface area contributed by atoms with E-state index in [0.29, 0.717) is 6.29 Å². The molecule has 74 valence electrons. The average molecular weight is 188 g/mol. The van der Waals surface area contributed by atoms with Crippen LogP contribution in [0.3, 0.4) is 0 Å². The Balaban J connectivity index is 2.17. The van der Waals surface area contributed by atoms with Crippen LogP contribution in [0.2, 0.25) is 0 Å². The number of carbonyl (C=O) groups excluding carboxylic acids is 1. The third-order valence-electron chi connectivity index (χ3n) is 2.20. The van der Waals surface area contributed by atoms with E-state index in [1.54, 1.807) is 13.8 Å². The van der Waals surface area contributed by atoms with E-state index in [1.807, 2.05) is 0 Å². The van der Waals surface area contributed by atoms with Gasteiger partial charge in [0.15, 0.2) is 18.4 Å². The minimum atomic E-state index is -1.07. The molecule has 1 unspecified atom stereocenters. The Morgan fingerprint density at radius 3 is 2.54 bits per heavy atom. The molecule has 0 saturated carbocycles. The second kappa shape index (κ2) is 2.75. The summed E-state index contributed by atoms with van der Waals surface area (Å²) in [6.45, 7) is 3.47. The van der Waals surface area contributed by atoms with E-state index in [2.05, 4.69) is 0 Å². The first-order valence-electron chi connectivity index (χ1n) is 4.18. The van der Waals surface area contributed by atoms with Gasteiger partial charge in [-0.1, -0.05) is 0 Å². The lowest BCUT2D eigenvalue weighted by molar-refractivity contribution is -0.216. The molecule has 2 fully saturated rings. The Bertz CT molecular complexity index is 227. The quantitative estimate of drug-likeness (QED) is 0.558. The first-order chi connectivity index (χ1) is 6.03. The van der Waals surface area contributed by atoms with E-state index in [9.17, 15) is 9.90 Å². The Morgan fingerprint density at radius 1 is 1.31 bits per heavy atom. The van der Waals surface area contributed by atoms with E-state index >= 15 is 0 Å². The number of rotatable bonds is 1. The lowest BCUT2D eigenvalue weighted by Crippen LogP contribution is -2.30. The predicted octanol–water partition coefficient (Wildman–Crippen LogP) is -0.577. The van der Waals surface area contributed by atoms with Crippen LogP contribution in [0.4, 0.5) is 0 Å². The topological polar surface area (TPSA) is 65.0 Å². The summed E-state index contributed by atoms with van der Waals surface area (Å²) in [4.78, 5) is 10.5. The average Bonchev–Trinajstić information content (AvgIpc) is 2.47. The van der Waals surface area contributed by atoms with Crippen LogP contribution in [0.15, 0.2) is 0 Å². The summed E-state index contributed by atoms with van der Waals surface area (Å²) in [6.07, 6.45) is -2.20. The molecule has 0 aliphatic carbocycles. The Morgan fingerprint density at radius 2 is 1.92 bits per heavy atom. The highest BCUT2D eigenvalue weighted by Crippen LogP contribution is 2.37. The van der Waals surface area contributed by atoms with Crippen LogP contribution in [0.1, 0.15) is 13.8 Å². The number of fused-ring (bicyclic) bond motifs is 1. The van der Waals surface area contributed by atoms with Gasteiger partial charge in [-0.3, -0.25) is 0 Å². The van der Waals surface area contributed by atoms with E-state index in [0.717, 1.165) is 0 Å². The smallest absolute Gasteiger partial charge is 0.184 e. The third kappa shape index (κ3) is 1.38. The largest absolute Gasteiger partial charge is 0.366 e. The maximum atomic E-state index is 10.5. The van der Waals surface area contributed by atoms with Crippen LogP contribution in [-0.2, 0) is 19.0 Å². The molecule has 2 aliphatic heterocycles. The molecule has 0 radical (unpaired) electrons. The highest BCUT2D eigenvalue weighted by Gasteiger charge is 2.54. The lowest BCUT2D eigenvalue weighted by atomic mass is 10.1. The normalized spacial score (nSPS) is 47.6. The molecule has 2 rings (SSSR count). The summed E-state index contributed by atoms with van der Waals surface area (Å²) in [7, 11) is 0. The minimum absolute atomic E-state index is 0.484. The highest BCUT2D eigenvalue weighted by atomic mass is 16.8. The van der Waals surface area contributed by atoms with Crippen LogP contribution >= 0.6 is 0 Å². The molecule has 4 atom stereocenters. The molecule has 0 aromatic rings. The van der Waals surface area contributed by atoms with Gasteiger partial charge in [0.2, 0.25) is 0 Å². The maximum absolute atomic E-state index is 10.5. The Kier molecular flexibility index (Phi) is 1.92. The molecule has 0 bridgehead atoms. The van der Waals surface area contributed by atoms with Crippen LogP contribution < -0.4 is 0 Å². The fourth-order valence-corrected chi connectivity index (χ4v) is 1.72. The van der Waals surface area contributed by atoms with Crippen molar-refractivity contribution >= 4 is 6.29 Å². The summed E-state index contributed by atoms with van der Waals surface area (Å²) in [6, 6.07) is 0. The van der Waals surface area contributed by atoms with Crippen LogP contribution in [0, 0.1) is 0 Å². The highest BCUT2D eigenvalue weighted by molar-refractivity contribution is 5.58. The summed E-state index contributed by atoms with van der Waals surface area (Å²) in [5.41, 5.74) is 0. The number of hydrogen-bond acceptors (Lipinski definition) is 5. The van der Waals surface area contributed by atoms with Crippen molar-refractivity contribution in [2.45, 2.75) is 44.2 Å². The fraction of sp³-hybridized carbons (Fsp3) is 0.875. The van der Waals surface area contributed by atoms with Gasteiger partial charge in [-0.05, 0) is 13.8 Å². The number of hydrogen-bond donors (Lipinski definition) is 1. The van der Waals surface area contributed by atoms with Crippen molar-refractivity contribution in [1.29, 1.82) is 0 Å². The zero-order chi connectivity index (χ0) is 9.64. The first-order valence-corrected chi connectivity index (χ1v) is 4.18. The van der Waals surface area contributed by atoms with Gasteiger partial charge in [0.05, 0.1) is 0 Å². The molecule has 13 heavy (non-hydrogen) atoms. The maximum Gasteiger partial charge on any atom is 0.184 e. The monoisotopic (exact) mass is 188 g/mol. The predicted molar refractivity (Wildman–Crippen MR) is 40.8 cm³/mol. The number of aldehydes is 1.